The van der Waals surface area contributed by atoms with Crippen LogP contribution in [0.5, 0.6) is 11.5 Å². The van der Waals surface area contributed by atoms with Gasteiger partial charge in [-0.25, -0.2) is 0 Å². The molecule has 33 heavy (non-hydrogen) atoms. The molecule has 2 amide bonds. The van der Waals surface area contributed by atoms with Crippen molar-refractivity contribution >= 4 is 11.8 Å². The van der Waals surface area contributed by atoms with Crippen molar-refractivity contribution in [1.82, 2.24) is 10.9 Å². The fourth-order valence-corrected chi connectivity index (χ4v) is 3.28. The van der Waals surface area contributed by atoms with Crippen LogP contribution in [0.15, 0.2) is 48.5 Å². The van der Waals surface area contributed by atoms with Crippen LogP contribution in [-0.4, -0.2) is 25.0 Å². The number of unbranched alkanes of at least 4 members (excludes halogenated alkanes) is 7. The zero-order valence-corrected chi connectivity index (χ0v) is 20.0. The van der Waals surface area contributed by atoms with Crippen LogP contribution >= 0.6 is 0 Å². The lowest BCUT2D eigenvalue weighted by Gasteiger charge is -2.10. The number of ether oxygens (including phenoxy) is 2. The molecule has 0 fully saturated rings. The lowest BCUT2D eigenvalue weighted by molar-refractivity contribution is 0.0846. The quantitative estimate of drug-likeness (QED) is 0.253. The van der Waals surface area contributed by atoms with Gasteiger partial charge in [-0.1, -0.05) is 58.8 Å². The molecule has 0 bridgehead atoms. The standard InChI is InChI=1S/C27H38N2O4/c1-3-5-7-9-11-21-33-25-18-14-23(15-19-25)27(31)29-28-26(30)22-12-16-24(17-13-22)32-20-10-8-6-4-2/h12-19H,3-11,20-21H2,1-2H3,(H,28,30)(H,29,31). The maximum atomic E-state index is 12.3. The molecule has 2 N–H and O–H groups in total. The summed E-state index contributed by atoms with van der Waals surface area (Å²) in [6.07, 6.45) is 10.5. The van der Waals surface area contributed by atoms with Crippen molar-refractivity contribution in [2.75, 3.05) is 13.2 Å². The van der Waals surface area contributed by atoms with Gasteiger partial charge in [0, 0.05) is 11.1 Å². The predicted molar refractivity (Wildman–Crippen MR) is 132 cm³/mol. The number of rotatable bonds is 15. The number of hydrogen-bond acceptors (Lipinski definition) is 4. The summed E-state index contributed by atoms with van der Waals surface area (Å²) >= 11 is 0. The molecule has 0 atom stereocenters. The highest BCUT2D eigenvalue weighted by Gasteiger charge is 2.10. The van der Waals surface area contributed by atoms with Crippen molar-refractivity contribution in [1.29, 1.82) is 0 Å². The highest BCUT2D eigenvalue weighted by Crippen LogP contribution is 2.14. The summed E-state index contributed by atoms with van der Waals surface area (Å²) < 4.78 is 11.4. The first-order valence-electron chi connectivity index (χ1n) is 12.2. The summed E-state index contributed by atoms with van der Waals surface area (Å²) in [6.45, 7) is 5.72. The molecule has 2 rings (SSSR count). The Morgan fingerprint density at radius 3 is 1.33 bits per heavy atom. The smallest absolute Gasteiger partial charge is 0.269 e. The zero-order chi connectivity index (χ0) is 23.7. The number of nitrogens with one attached hydrogen (secondary N) is 2. The lowest BCUT2D eigenvalue weighted by Crippen LogP contribution is -2.41. The van der Waals surface area contributed by atoms with Crippen molar-refractivity contribution < 1.29 is 19.1 Å². The number of hydrogen-bond donors (Lipinski definition) is 2. The highest BCUT2D eigenvalue weighted by molar-refractivity contribution is 5.99. The van der Waals surface area contributed by atoms with E-state index in [9.17, 15) is 9.59 Å². The Bertz CT molecular complexity index is 819. The summed E-state index contributed by atoms with van der Waals surface area (Å²) in [5.41, 5.74) is 5.78. The molecule has 0 heterocycles. The van der Waals surface area contributed by atoms with Crippen LogP contribution in [-0.2, 0) is 0 Å². The first-order valence-corrected chi connectivity index (χ1v) is 12.2. The van der Waals surface area contributed by atoms with Crippen LogP contribution < -0.4 is 20.3 Å². The van der Waals surface area contributed by atoms with E-state index in [0.717, 1.165) is 30.8 Å². The molecule has 0 saturated heterocycles. The summed E-state index contributed by atoms with van der Waals surface area (Å²) in [6, 6.07) is 13.8. The van der Waals surface area contributed by atoms with Gasteiger partial charge in [-0.05, 0) is 61.4 Å². The monoisotopic (exact) mass is 454 g/mol. The Hall–Kier alpha value is -3.02. The first-order chi connectivity index (χ1) is 16.1. The van der Waals surface area contributed by atoms with Crippen LogP contribution in [0.1, 0.15) is 92.4 Å². The SMILES string of the molecule is CCCCCCCOc1ccc(C(=O)NNC(=O)c2ccc(OCCCCCC)cc2)cc1. The Morgan fingerprint density at radius 2 is 0.939 bits per heavy atom. The Kier molecular flexibility index (Phi) is 12.5. The molecule has 0 aliphatic carbocycles. The van der Waals surface area contributed by atoms with Crippen molar-refractivity contribution in [2.45, 2.75) is 71.6 Å². The molecule has 6 heteroatoms. The minimum Gasteiger partial charge on any atom is -0.494 e. The van der Waals surface area contributed by atoms with Gasteiger partial charge in [-0.3, -0.25) is 20.4 Å². The van der Waals surface area contributed by atoms with Gasteiger partial charge in [0.15, 0.2) is 0 Å². The van der Waals surface area contributed by atoms with Crippen LogP contribution in [0, 0.1) is 0 Å². The van der Waals surface area contributed by atoms with Gasteiger partial charge < -0.3 is 9.47 Å². The molecule has 0 spiro atoms. The van der Waals surface area contributed by atoms with Gasteiger partial charge in [0.05, 0.1) is 13.2 Å². The summed E-state index contributed by atoms with van der Waals surface area (Å²) in [7, 11) is 0. The van der Waals surface area contributed by atoms with E-state index < -0.39 is 0 Å². The third-order valence-electron chi connectivity index (χ3n) is 5.31. The molecule has 2 aromatic carbocycles. The molecule has 0 aliphatic heterocycles. The van der Waals surface area contributed by atoms with Gasteiger partial charge in [-0.15, -0.1) is 0 Å². The van der Waals surface area contributed by atoms with E-state index in [2.05, 4.69) is 24.7 Å². The average Bonchev–Trinajstić information content (AvgIpc) is 2.85. The zero-order valence-electron chi connectivity index (χ0n) is 20.0. The third-order valence-corrected chi connectivity index (χ3v) is 5.31. The maximum absolute atomic E-state index is 12.3. The van der Waals surface area contributed by atoms with Gasteiger partial charge in [0.2, 0.25) is 0 Å². The van der Waals surface area contributed by atoms with E-state index in [0.29, 0.717) is 24.3 Å². The normalized spacial score (nSPS) is 10.5. The van der Waals surface area contributed by atoms with Crippen LogP contribution in [0.3, 0.4) is 0 Å². The van der Waals surface area contributed by atoms with Gasteiger partial charge in [-0.2, -0.15) is 0 Å². The molecular weight excluding hydrogens is 416 g/mol. The molecular formula is C27H38N2O4. The number of hydrazine groups is 1. The predicted octanol–water partition coefficient (Wildman–Crippen LogP) is 6.07. The number of carbonyl (C=O) groups is 2. The second kappa shape index (κ2) is 15.7. The minimum absolute atomic E-state index is 0.388. The van der Waals surface area contributed by atoms with E-state index in [-0.39, 0.29) is 11.8 Å². The molecule has 180 valence electrons. The van der Waals surface area contributed by atoms with E-state index in [1.165, 1.54) is 38.5 Å². The fraction of sp³-hybridized carbons (Fsp3) is 0.481. The number of amides is 2. The third kappa shape index (κ3) is 10.4. The Balaban J connectivity index is 1.70. The summed E-state index contributed by atoms with van der Waals surface area (Å²) in [4.78, 5) is 24.6. The molecule has 0 unspecified atom stereocenters. The van der Waals surface area contributed by atoms with Crippen molar-refractivity contribution in [3.63, 3.8) is 0 Å². The molecule has 2 aromatic rings. The van der Waals surface area contributed by atoms with E-state index in [1.54, 1.807) is 48.5 Å². The van der Waals surface area contributed by atoms with Gasteiger partial charge in [0.25, 0.3) is 11.8 Å². The Labute approximate surface area is 198 Å². The van der Waals surface area contributed by atoms with Gasteiger partial charge >= 0.3 is 0 Å². The average molecular weight is 455 g/mol. The Morgan fingerprint density at radius 1 is 0.576 bits per heavy atom. The largest absolute Gasteiger partial charge is 0.494 e. The number of carbonyl (C=O) groups excluding carboxylic acids is 2. The van der Waals surface area contributed by atoms with Gasteiger partial charge in [0.1, 0.15) is 11.5 Å². The second-order valence-electron chi connectivity index (χ2n) is 8.13. The lowest BCUT2D eigenvalue weighted by atomic mass is 10.2. The highest BCUT2D eigenvalue weighted by atomic mass is 16.5. The van der Waals surface area contributed by atoms with Crippen molar-refractivity contribution in [3.8, 4) is 11.5 Å². The first kappa shape index (κ1) is 26.2. The van der Waals surface area contributed by atoms with E-state index >= 15 is 0 Å². The van der Waals surface area contributed by atoms with E-state index in [1.807, 2.05) is 0 Å². The maximum Gasteiger partial charge on any atom is 0.269 e. The van der Waals surface area contributed by atoms with Crippen LogP contribution in [0.25, 0.3) is 0 Å². The van der Waals surface area contributed by atoms with Crippen molar-refractivity contribution in [3.05, 3.63) is 59.7 Å². The molecule has 0 aliphatic rings. The fourth-order valence-electron chi connectivity index (χ4n) is 3.28. The topological polar surface area (TPSA) is 76.7 Å². The van der Waals surface area contributed by atoms with Crippen LogP contribution in [0.2, 0.25) is 0 Å². The summed E-state index contributed by atoms with van der Waals surface area (Å²) in [5.74, 6) is 0.691. The number of benzene rings is 2. The van der Waals surface area contributed by atoms with E-state index in [4.69, 9.17) is 9.47 Å². The summed E-state index contributed by atoms with van der Waals surface area (Å²) in [5, 5.41) is 0. The molecule has 0 radical (unpaired) electrons. The van der Waals surface area contributed by atoms with Crippen molar-refractivity contribution in [2.24, 2.45) is 0 Å². The molecule has 0 aromatic heterocycles. The minimum atomic E-state index is -0.388. The molecule has 6 nitrogen and oxygen atoms in total. The van der Waals surface area contributed by atoms with Crippen LogP contribution in [0.4, 0.5) is 0 Å². The molecule has 0 saturated carbocycles. The second-order valence-corrected chi connectivity index (χ2v) is 8.13.